The normalized spacial score (nSPS) is 16.1. The number of hydrogen-bond acceptors (Lipinski definition) is 34. The highest BCUT2D eigenvalue weighted by Crippen LogP contribution is 2.21. The molecule has 0 aliphatic carbocycles. The van der Waals surface area contributed by atoms with E-state index >= 15 is 0 Å². The van der Waals surface area contributed by atoms with Gasteiger partial charge in [-0.3, -0.25) is 108 Å². The van der Waals surface area contributed by atoms with Crippen molar-refractivity contribution in [2.75, 3.05) is 144 Å². The third-order valence-electron chi connectivity index (χ3n) is 23.0. The highest BCUT2D eigenvalue weighted by atomic mass is 16.4. The molecule has 4 aliphatic heterocycles. The summed E-state index contributed by atoms with van der Waals surface area (Å²) in [4.78, 5) is 204. The minimum absolute atomic E-state index is 0.0217. The molecule has 760 valence electrons. The smallest absolute Gasteiger partial charge is 0.354 e. The van der Waals surface area contributed by atoms with Crippen LogP contribution in [0.3, 0.4) is 0 Å². The van der Waals surface area contributed by atoms with Gasteiger partial charge in [0.15, 0.2) is 0 Å². The fourth-order valence-electron chi connectivity index (χ4n) is 16.4. The largest absolute Gasteiger partial charge is 0.480 e. The second kappa shape index (κ2) is 55.2. The Hall–Kier alpha value is -15.3. The molecule has 10 aromatic rings. The minimum Gasteiger partial charge on any atom is -0.480 e. The maximum absolute atomic E-state index is 11.6. The molecule has 46 heteroatoms. The Bertz CT molecular complexity index is 5980. The number of hydrogen-bond donors (Lipinski definition) is 12. The van der Waals surface area contributed by atoms with Crippen molar-refractivity contribution in [2.45, 2.75) is 91.6 Å². The van der Waals surface area contributed by atoms with Gasteiger partial charge < -0.3 is 61.3 Å². The Kier molecular flexibility index (Phi) is 41.8. The van der Waals surface area contributed by atoms with Crippen LogP contribution in [0, 0.1) is 0 Å². The van der Waals surface area contributed by atoms with Crippen LogP contribution in [-0.2, 0) is 120 Å². The van der Waals surface area contributed by atoms with E-state index in [-0.39, 0.29) is 73.4 Å². The standard InChI is InChI=1S/2C27H30N6O6.2C22H27N5O6/c34-25(35)18-33-13-11-31(14-21-6-2-8-23(29-21)26(36)37)10-12-32(15-19-4-1-5-20(16-33)28-19)17-22-7-3-9-24(30-22)27(38)39;34-25(35)18-31-10-12-32(16-21-6-2-8-23(29-21)26(36)37)14-19-4-1-5-20(28-19)15-33(13-11-31)17-22-7-3-9-24(30-22)27(38)39;28-20(29)14-26-9-7-25(11-18-5-2-6-19(24-18)22(32)33)8-10-27(15-21(30)31)13-17-4-1-3-16(12-26)23-17;28-20(29)14-25-7-9-26(13-18-5-2-6-19(24-18)22(32)33)11-16-3-1-4-17(23-16)12-27(10-8-25)15-21(30)31/h2*1-9H,10-18H2,(H,34,35)(H,36,37)(H,38,39);2*1-6H,7-15H2,(H,28,29)(H,30,31)(H,32,33). The van der Waals surface area contributed by atoms with E-state index in [0.717, 1.165) is 34.2 Å². The lowest BCUT2D eigenvalue weighted by Crippen LogP contribution is -2.43. The topological polar surface area (TPSA) is 615 Å². The summed E-state index contributed by atoms with van der Waals surface area (Å²) in [6, 6.07) is 51.7. The number of aliphatic carboxylic acids is 6. The van der Waals surface area contributed by atoms with Crippen molar-refractivity contribution in [1.82, 2.24) is 109 Å². The van der Waals surface area contributed by atoms with Gasteiger partial charge in [0.05, 0.1) is 119 Å². The highest BCUT2D eigenvalue weighted by Gasteiger charge is 2.28. The van der Waals surface area contributed by atoms with Gasteiger partial charge in [0.1, 0.15) is 34.2 Å². The number of nitrogens with zero attached hydrogens (tertiary/aromatic N) is 22. The van der Waals surface area contributed by atoms with E-state index in [4.69, 9.17) is 9.97 Å². The molecule has 0 atom stereocenters. The molecule has 0 saturated carbocycles. The third kappa shape index (κ3) is 38.3. The summed E-state index contributed by atoms with van der Waals surface area (Å²) < 4.78 is 0. The van der Waals surface area contributed by atoms with Gasteiger partial charge >= 0.3 is 71.6 Å². The molecule has 0 amide bonds. The van der Waals surface area contributed by atoms with Crippen molar-refractivity contribution in [1.29, 1.82) is 0 Å². The first kappa shape index (κ1) is 109. The van der Waals surface area contributed by atoms with Crippen LogP contribution in [0.5, 0.6) is 0 Å². The minimum atomic E-state index is -1.11. The van der Waals surface area contributed by atoms with Gasteiger partial charge in [-0.2, -0.15) is 0 Å². The molecule has 0 radical (unpaired) electrons. The molecular formula is C98H114N22O24. The van der Waals surface area contributed by atoms with E-state index in [0.29, 0.717) is 242 Å². The molecule has 0 fully saturated rings. The predicted octanol–water partition coefficient (Wildman–Crippen LogP) is 4.27. The van der Waals surface area contributed by atoms with Crippen LogP contribution in [0.2, 0.25) is 0 Å². The van der Waals surface area contributed by atoms with E-state index in [1.54, 1.807) is 92.4 Å². The number of carboxylic acid groups (broad SMARTS) is 12. The van der Waals surface area contributed by atoms with Crippen molar-refractivity contribution in [2.24, 2.45) is 0 Å². The van der Waals surface area contributed by atoms with Gasteiger partial charge in [0.25, 0.3) is 0 Å². The van der Waals surface area contributed by atoms with Gasteiger partial charge in [-0.15, -0.1) is 0 Å². The van der Waals surface area contributed by atoms with Crippen LogP contribution in [0.4, 0.5) is 0 Å². The van der Waals surface area contributed by atoms with Crippen LogP contribution in [0.15, 0.2) is 182 Å². The van der Waals surface area contributed by atoms with Crippen molar-refractivity contribution in [3.63, 3.8) is 0 Å². The molecule has 12 N–H and O–H groups in total. The first-order valence-electron chi connectivity index (χ1n) is 46.0. The fraction of sp³-hybridized carbons (Fsp3) is 0.367. The molecule has 10 aromatic heterocycles. The molecule has 0 unspecified atom stereocenters. The Morgan fingerprint density at radius 3 is 0.465 bits per heavy atom. The van der Waals surface area contributed by atoms with Crippen molar-refractivity contribution < 1.29 is 119 Å². The van der Waals surface area contributed by atoms with Crippen LogP contribution in [0.1, 0.15) is 143 Å². The number of pyridine rings is 10. The lowest BCUT2D eigenvalue weighted by molar-refractivity contribution is -0.140. The second-order valence-electron chi connectivity index (χ2n) is 34.5. The summed E-state index contributed by atoms with van der Waals surface area (Å²) in [5.41, 5.74) is 9.51. The van der Waals surface area contributed by atoms with Gasteiger partial charge in [-0.25, -0.2) is 58.7 Å². The number of carboxylic acids is 12. The Balaban J connectivity index is 0.000000184. The Morgan fingerprint density at radius 1 is 0.167 bits per heavy atom. The maximum Gasteiger partial charge on any atom is 0.354 e. The Labute approximate surface area is 826 Å². The number of aromatic carboxylic acids is 6. The first-order chi connectivity index (χ1) is 69.0. The number of aromatic nitrogens is 10. The monoisotopic (exact) mass is 1980 g/mol. The molecule has 14 rings (SSSR count). The molecule has 0 spiro atoms. The third-order valence-corrected chi connectivity index (χ3v) is 23.0. The van der Waals surface area contributed by atoms with Gasteiger partial charge in [-0.1, -0.05) is 60.7 Å². The highest BCUT2D eigenvalue weighted by molar-refractivity contribution is 5.87. The zero-order chi connectivity index (χ0) is 103. The van der Waals surface area contributed by atoms with Crippen molar-refractivity contribution >= 4 is 71.6 Å². The molecule has 144 heavy (non-hydrogen) atoms. The summed E-state index contributed by atoms with van der Waals surface area (Å²) in [6.45, 7) is 12.3. The van der Waals surface area contributed by atoms with Crippen molar-refractivity contribution in [3.05, 3.63) is 296 Å². The van der Waals surface area contributed by atoms with Gasteiger partial charge in [0.2, 0.25) is 0 Å². The lowest BCUT2D eigenvalue weighted by atomic mass is 10.2. The summed E-state index contributed by atoms with van der Waals surface area (Å²) in [5, 5.41) is 112. The first-order valence-corrected chi connectivity index (χ1v) is 46.0. The van der Waals surface area contributed by atoms with Crippen LogP contribution < -0.4 is 0 Å². The number of fused-ring (bicyclic) bond motifs is 8. The van der Waals surface area contributed by atoms with Gasteiger partial charge in [0, 0.05) is 196 Å². The van der Waals surface area contributed by atoms with Crippen LogP contribution >= 0.6 is 0 Å². The molecular weight excluding hydrogens is 1870 g/mol. The molecule has 4 aliphatic rings. The zero-order valence-corrected chi connectivity index (χ0v) is 78.9. The van der Waals surface area contributed by atoms with Gasteiger partial charge in [-0.05, 0) is 121 Å². The fourth-order valence-corrected chi connectivity index (χ4v) is 16.4. The summed E-state index contributed by atoms with van der Waals surface area (Å²) in [5.74, 6) is -12.2. The number of carbonyl (C=O) groups is 12. The molecule has 46 nitrogen and oxygen atoms in total. The predicted molar refractivity (Wildman–Crippen MR) is 511 cm³/mol. The lowest BCUT2D eigenvalue weighted by Gasteiger charge is -2.30. The van der Waals surface area contributed by atoms with E-state index < -0.39 is 71.6 Å². The quantitative estimate of drug-likeness (QED) is 0.0299. The molecule has 0 saturated heterocycles. The molecule has 8 bridgehead atoms. The van der Waals surface area contributed by atoms with E-state index in [1.807, 2.05) is 92.4 Å². The van der Waals surface area contributed by atoms with Crippen LogP contribution in [0.25, 0.3) is 0 Å². The van der Waals surface area contributed by atoms with E-state index in [2.05, 4.69) is 59.5 Å². The SMILES string of the molecule is O=C(O)CN1CCN(CC(=O)O)Cc2cccc(n2)CN(Cc2cccc(C(=O)O)n2)CC1.O=C(O)CN1CCN(Cc2cccc(C(=O)O)n2)CCN(CC(=O)O)Cc2cccc(n2)C1.O=C(O)CN1CCN(Cc2cccc(C(=O)O)n2)CCN(Cc2cccc(C(=O)O)n2)Cc2cccc(n2)C1.O=C(O)CN1CCN(Cc2cccc(C(=O)O)n2)Cc2cccc(n2)CN(Cc2cccc(C(=O)O)n2)CC1. The average molecular weight is 1980 g/mol. The average Bonchev–Trinajstić information content (AvgIpc) is 0.846. The summed E-state index contributed by atoms with van der Waals surface area (Å²) in [7, 11) is 0. The van der Waals surface area contributed by atoms with Crippen LogP contribution in [-0.4, -0.2) is 386 Å². The van der Waals surface area contributed by atoms with Crippen molar-refractivity contribution in [3.8, 4) is 0 Å². The molecule has 0 aromatic carbocycles. The maximum atomic E-state index is 11.6. The Morgan fingerprint density at radius 2 is 0.299 bits per heavy atom. The number of rotatable bonds is 30. The molecule has 14 heterocycles. The zero-order valence-electron chi connectivity index (χ0n) is 78.9. The second-order valence-corrected chi connectivity index (χ2v) is 34.5. The van der Waals surface area contributed by atoms with E-state index in [1.165, 1.54) is 36.4 Å². The summed E-state index contributed by atoms with van der Waals surface area (Å²) >= 11 is 0. The summed E-state index contributed by atoms with van der Waals surface area (Å²) in [6.07, 6.45) is 0. The van der Waals surface area contributed by atoms with E-state index in [9.17, 15) is 119 Å².